The van der Waals surface area contributed by atoms with Gasteiger partial charge in [-0.1, -0.05) is 37.8 Å². The Morgan fingerprint density at radius 1 is 1.44 bits per heavy atom. The monoisotopic (exact) mass is 218 g/mol. The molecular formula is C14H18O2. The van der Waals surface area contributed by atoms with Crippen molar-refractivity contribution >= 4 is 0 Å². The van der Waals surface area contributed by atoms with Gasteiger partial charge in [0.2, 0.25) is 0 Å². The number of hydrogen-bond donors (Lipinski definition) is 1. The van der Waals surface area contributed by atoms with E-state index in [4.69, 9.17) is 4.74 Å². The van der Waals surface area contributed by atoms with Crippen molar-refractivity contribution in [2.24, 2.45) is 0 Å². The number of allylic oxidation sites excluding steroid dienone is 8. The van der Waals surface area contributed by atoms with Crippen molar-refractivity contribution in [2.75, 3.05) is 6.61 Å². The highest BCUT2D eigenvalue weighted by molar-refractivity contribution is 5.38. The summed E-state index contributed by atoms with van der Waals surface area (Å²) in [6.07, 6.45) is 12.4. The van der Waals surface area contributed by atoms with Crippen LogP contribution in [-0.4, -0.2) is 11.7 Å². The second-order valence-electron chi connectivity index (χ2n) is 3.52. The molecule has 0 unspecified atom stereocenters. The van der Waals surface area contributed by atoms with Crippen LogP contribution >= 0.6 is 0 Å². The van der Waals surface area contributed by atoms with E-state index in [1.54, 1.807) is 12.2 Å². The highest BCUT2D eigenvalue weighted by atomic mass is 16.5. The van der Waals surface area contributed by atoms with E-state index in [1.165, 1.54) is 0 Å². The van der Waals surface area contributed by atoms with Gasteiger partial charge in [-0.25, -0.2) is 0 Å². The largest absolute Gasteiger partial charge is 0.508 e. The molecular weight excluding hydrogens is 200 g/mol. The van der Waals surface area contributed by atoms with Crippen LogP contribution in [-0.2, 0) is 4.74 Å². The van der Waals surface area contributed by atoms with E-state index in [0.29, 0.717) is 12.2 Å². The zero-order chi connectivity index (χ0) is 11.8. The smallest absolute Gasteiger partial charge is 0.119 e. The summed E-state index contributed by atoms with van der Waals surface area (Å²) in [5, 5.41) is 9.64. The quantitative estimate of drug-likeness (QED) is 0.711. The van der Waals surface area contributed by atoms with Gasteiger partial charge in [0, 0.05) is 12.0 Å². The Labute approximate surface area is 96.9 Å². The number of aliphatic hydroxyl groups excluding tert-OH is 1. The second kappa shape index (κ2) is 6.72. The summed E-state index contributed by atoms with van der Waals surface area (Å²) in [7, 11) is 0. The average Bonchev–Trinajstić information content (AvgIpc) is 2.30. The first-order valence-electron chi connectivity index (χ1n) is 5.49. The fourth-order valence-corrected chi connectivity index (χ4v) is 1.34. The van der Waals surface area contributed by atoms with E-state index in [-0.39, 0.29) is 0 Å². The third kappa shape index (κ3) is 3.81. The number of aliphatic hydroxyl groups is 1. The maximum absolute atomic E-state index is 9.64. The Hall–Kier alpha value is -1.70. The Kier molecular flexibility index (Phi) is 5.20. The summed E-state index contributed by atoms with van der Waals surface area (Å²) in [6, 6.07) is 0. The molecule has 0 saturated carbocycles. The van der Waals surface area contributed by atoms with Crippen LogP contribution in [0, 0.1) is 0 Å². The Bertz CT molecular complexity index is 357. The van der Waals surface area contributed by atoms with E-state index in [2.05, 4.69) is 13.5 Å². The van der Waals surface area contributed by atoms with Gasteiger partial charge in [-0.2, -0.15) is 0 Å². The molecule has 0 aromatic heterocycles. The van der Waals surface area contributed by atoms with Gasteiger partial charge in [-0.3, -0.25) is 0 Å². The Morgan fingerprint density at radius 2 is 2.25 bits per heavy atom. The SMILES string of the molecule is C=C/C=C\C=C1/CC(OCCC)=CC=C1O. The van der Waals surface area contributed by atoms with E-state index in [0.717, 1.165) is 24.4 Å². The van der Waals surface area contributed by atoms with E-state index in [9.17, 15) is 5.11 Å². The van der Waals surface area contributed by atoms with E-state index < -0.39 is 0 Å². The zero-order valence-electron chi connectivity index (χ0n) is 9.65. The molecule has 0 atom stereocenters. The summed E-state index contributed by atoms with van der Waals surface area (Å²) in [5.41, 5.74) is 0.867. The summed E-state index contributed by atoms with van der Waals surface area (Å²) in [6.45, 7) is 6.38. The Morgan fingerprint density at radius 3 is 2.94 bits per heavy atom. The molecule has 0 spiro atoms. The molecule has 0 aromatic carbocycles. The normalized spacial score (nSPS) is 18.4. The third-order valence-electron chi connectivity index (χ3n) is 2.16. The fraction of sp³-hybridized carbons (Fsp3) is 0.286. The average molecular weight is 218 g/mol. The van der Waals surface area contributed by atoms with Gasteiger partial charge in [-0.15, -0.1) is 0 Å². The number of ether oxygens (including phenoxy) is 1. The minimum absolute atomic E-state index is 0.303. The van der Waals surface area contributed by atoms with Crippen LogP contribution in [0.15, 0.2) is 60.1 Å². The van der Waals surface area contributed by atoms with Gasteiger partial charge in [0.25, 0.3) is 0 Å². The molecule has 1 aliphatic carbocycles. The molecule has 1 rings (SSSR count). The third-order valence-corrected chi connectivity index (χ3v) is 2.16. The lowest BCUT2D eigenvalue weighted by atomic mass is 10.0. The first kappa shape index (κ1) is 12.4. The first-order chi connectivity index (χ1) is 7.77. The van der Waals surface area contributed by atoms with Crippen LogP contribution in [0.1, 0.15) is 19.8 Å². The van der Waals surface area contributed by atoms with Crippen molar-refractivity contribution in [1.29, 1.82) is 0 Å². The summed E-state index contributed by atoms with van der Waals surface area (Å²) < 4.78 is 5.54. The van der Waals surface area contributed by atoms with Crippen LogP contribution in [0.25, 0.3) is 0 Å². The first-order valence-corrected chi connectivity index (χ1v) is 5.49. The molecule has 1 aliphatic rings. The molecule has 2 nitrogen and oxygen atoms in total. The van der Waals surface area contributed by atoms with Gasteiger partial charge in [0.05, 0.1) is 6.61 Å². The summed E-state index contributed by atoms with van der Waals surface area (Å²) in [4.78, 5) is 0. The van der Waals surface area contributed by atoms with Crippen LogP contribution in [0.5, 0.6) is 0 Å². The van der Waals surface area contributed by atoms with Crippen molar-refractivity contribution in [3.63, 3.8) is 0 Å². The lowest BCUT2D eigenvalue weighted by Gasteiger charge is -2.15. The molecule has 2 heteroatoms. The topological polar surface area (TPSA) is 29.5 Å². The van der Waals surface area contributed by atoms with Crippen LogP contribution in [0.4, 0.5) is 0 Å². The predicted molar refractivity (Wildman–Crippen MR) is 67.1 cm³/mol. The minimum Gasteiger partial charge on any atom is -0.508 e. The lowest BCUT2D eigenvalue weighted by Crippen LogP contribution is -2.01. The maximum Gasteiger partial charge on any atom is 0.119 e. The van der Waals surface area contributed by atoms with Crippen molar-refractivity contribution in [3.05, 3.63) is 60.1 Å². The van der Waals surface area contributed by atoms with Gasteiger partial charge in [-0.05, 0) is 18.6 Å². The summed E-state index contributed by atoms with van der Waals surface area (Å²) in [5.74, 6) is 1.20. The molecule has 16 heavy (non-hydrogen) atoms. The molecule has 0 aliphatic heterocycles. The van der Waals surface area contributed by atoms with Gasteiger partial charge < -0.3 is 9.84 Å². The molecule has 86 valence electrons. The minimum atomic E-state index is 0.303. The molecule has 0 amide bonds. The molecule has 0 bridgehead atoms. The van der Waals surface area contributed by atoms with Crippen LogP contribution in [0.3, 0.4) is 0 Å². The summed E-state index contributed by atoms with van der Waals surface area (Å²) >= 11 is 0. The van der Waals surface area contributed by atoms with Crippen molar-refractivity contribution in [1.82, 2.24) is 0 Å². The molecule has 0 fully saturated rings. The molecule has 0 aromatic rings. The maximum atomic E-state index is 9.64. The van der Waals surface area contributed by atoms with Crippen molar-refractivity contribution in [2.45, 2.75) is 19.8 Å². The second-order valence-corrected chi connectivity index (χ2v) is 3.52. The predicted octanol–water partition coefficient (Wildman–Crippen LogP) is 3.81. The van der Waals surface area contributed by atoms with E-state index in [1.807, 2.05) is 24.3 Å². The van der Waals surface area contributed by atoms with E-state index >= 15 is 0 Å². The van der Waals surface area contributed by atoms with Gasteiger partial charge in [0.15, 0.2) is 0 Å². The number of rotatable bonds is 5. The zero-order valence-corrected chi connectivity index (χ0v) is 9.65. The van der Waals surface area contributed by atoms with Gasteiger partial charge in [0.1, 0.15) is 11.5 Å². The standard InChI is InChI=1S/C14H18O2/c1-3-5-6-7-12-11-13(16-10-4-2)8-9-14(12)15/h3,5-9,15H,1,4,10-11H2,2H3/b6-5-,12-7+. The highest BCUT2D eigenvalue weighted by Crippen LogP contribution is 2.23. The van der Waals surface area contributed by atoms with Crippen LogP contribution < -0.4 is 0 Å². The van der Waals surface area contributed by atoms with Gasteiger partial charge >= 0.3 is 0 Å². The lowest BCUT2D eigenvalue weighted by molar-refractivity contribution is 0.204. The van der Waals surface area contributed by atoms with Crippen molar-refractivity contribution < 1.29 is 9.84 Å². The highest BCUT2D eigenvalue weighted by Gasteiger charge is 2.11. The van der Waals surface area contributed by atoms with Crippen molar-refractivity contribution in [3.8, 4) is 0 Å². The molecule has 0 heterocycles. The van der Waals surface area contributed by atoms with Crippen LogP contribution in [0.2, 0.25) is 0 Å². The molecule has 0 radical (unpaired) electrons. The Balaban J connectivity index is 2.67. The molecule has 1 N–H and O–H groups in total. The number of hydrogen-bond acceptors (Lipinski definition) is 2. The molecule has 0 saturated heterocycles. The fourth-order valence-electron chi connectivity index (χ4n) is 1.34.